The van der Waals surface area contributed by atoms with E-state index < -0.39 is 6.04 Å². The van der Waals surface area contributed by atoms with Crippen molar-refractivity contribution in [2.45, 2.75) is 65.4 Å². The van der Waals surface area contributed by atoms with Gasteiger partial charge in [-0.25, -0.2) is 0 Å². The molecule has 31 heavy (non-hydrogen) atoms. The SMILES string of the molecule is CCC(C(=O)NC(C)C)N(Cc1ccc(Cl)cc1)C(=O)CSCc1cc(C)cc(C)c1. The van der Waals surface area contributed by atoms with Gasteiger partial charge in [-0.15, -0.1) is 11.8 Å². The molecule has 0 aliphatic rings. The molecule has 1 N–H and O–H groups in total. The Balaban J connectivity index is 2.13. The van der Waals surface area contributed by atoms with Gasteiger partial charge in [0.1, 0.15) is 6.04 Å². The van der Waals surface area contributed by atoms with Crippen molar-refractivity contribution in [3.05, 3.63) is 69.7 Å². The van der Waals surface area contributed by atoms with Crippen LogP contribution in [0.1, 0.15) is 49.4 Å². The molecule has 0 heterocycles. The van der Waals surface area contributed by atoms with Gasteiger partial charge in [-0.1, -0.05) is 60.0 Å². The largest absolute Gasteiger partial charge is 0.352 e. The van der Waals surface area contributed by atoms with Crippen molar-refractivity contribution in [2.24, 2.45) is 0 Å². The molecule has 2 amide bonds. The number of amides is 2. The highest BCUT2D eigenvalue weighted by molar-refractivity contribution is 7.99. The van der Waals surface area contributed by atoms with Crippen LogP contribution < -0.4 is 5.32 Å². The van der Waals surface area contributed by atoms with Crippen molar-refractivity contribution >= 4 is 35.2 Å². The second-order valence-corrected chi connectivity index (χ2v) is 9.65. The Morgan fingerprint density at radius 1 is 1.03 bits per heavy atom. The van der Waals surface area contributed by atoms with E-state index in [0.29, 0.717) is 23.7 Å². The Bertz CT molecular complexity index is 863. The Hall–Kier alpha value is -1.98. The molecule has 1 unspecified atom stereocenters. The van der Waals surface area contributed by atoms with E-state index in [1.165, 1.54) is 16.7 Å². The van der Waals surface area contributed by atoms with E-state index >= 15 is 0 Å². The van der Waals surface area contributed by atoms with Crippen molar-refractivity contribution in [1.82, 2.24) is 10.2 Å². The molecule has 1 atom stereocenters. The summed E-state index contributed by atoms with van der Waals surface area (Å²) in [4.78, 5) is 27.7. The third kappa shape index (κ3) is 8.23. The summed E-state index contributed by atoms with van der Waals surface area (Å²) in [5.74, 6) is 0.943. The molecule has 0 bridgehead atoms. The van der Waals surface area contributed by atoms with Gasteiger partial charge >= 0.3 is 0 Å². The van der Waals surface area contributed by atoms with E-state index in [1.807, 2.05) is 45.0 Å². The van der Waals surface area contributed by atoms with Crippen molar-refractivity contribution in [1.29, 1.82) is 0 Å². The number of nitrogens with one attached hydrogen (secondary N) is 1. The van der Waals surface area contributed by atoms with Crippen LogP contribution in [0.5, 0.6) is 0 Å². The van der Waals surface area contributed by atoms with E-state index in [9.17, 15) is 9.59 Å². The fourth-order valence-electron chi connectivity index (χ4n) is 3.58. The predicted octanol–water partition coefficient (Wildman–Crippen LogP) is 5.52. The number of carbonyl (C=O) groups is 2. The fraction of sp³-hybridized carbons (Fsp3) is 0.440. The van der Waals surface area contributed by atoms with Crippen molar-refractivity contribution < 1.29 is 9.59 Å². The molecule has 0 fully saturated rings. The number of thioether (sulfide) groups is 1. The smallest absolute Gasteiger partial charge is 0.243 e. The van der Waals surface area contributed by atoms with Gasteiger partial charge in [0.25, 0.3) is 0 Å². The number of hydrogen-bond acceptors (Lipinski definition) is 3. The second-order valence-electron chi connectivity index (χ2n) is 8.22. The lowest BCUT2D eigenvalue weighted by atomic mass is 10.1. The maximum absolute atomic E-state index is 13.2. The lowest BCUT2D eigenvalue weighted by molar-refractivity contribution is -0.139. The minimum atomic E-state index is -0.507. The van der Waals surface area contributed by atoms with Crippen LogP contribution in [0.2, 0.25) is 5.02 Å². The van der Waals surface area contributed by atoms with Gasteiger partial charge in [0.2, 0.25) is 11.8 Å². The Kier molecular flexibility index (Phi) is 9.92. The van der Waals surface area contributed by atoms with E-state index in [-0.39, 0.29) is 17.9 Å². The fourth-order valence-corrected chi connectivity index (χ4v) is 4.55. The molecule has 0 aliphatic carbocycles. The van der Waals surface area contributed by atoms with Gasteiger partial charge in [0.15, 0.2) is 0 Å². The summed E-state index contributed by atoms with van der Waals surface area (Å²) in [7, 11) is 0. The average molecular weight is 461 g/mol. The zero-order valence-electron chi connectivity index (χ0n) is 19.1. The van der Waals surface area contributed by atoms with Crippen LogP contribution in [0.25, 0.3) is 0 Å². The normalized spacial score (nSPS) is 12.0. The van der Waals surface area contributed by atoms with Gasteiger partial charge < -0.3 is 10.2 Å². The highest BCUT2D eigenvalue weighted by atomic mass is 35.5. The number of carbonyl (C=O) groups excluding carboxylic acids is 2. The lowest BCUT2D eigenvalue weighted by Crippen LogP contribution is -2.50. The molecule has 2 rings (SSSR count). The zero-order valence-corrected chi connectivity index (χ0v) is 20.6. The summed E-state index contributed by atoms with van der Waals surface area (Å²) in [5, 5.41) is 3.61. The van der Waals surface area contributed by atoms with Gasteiger partial charge in [0.05, 0.1) is 5.75 Å². The maximum atomic E-state index is 13.2. The Morgan fingerprint density at radius 2 is 1.65 bits per heavy atom. The summed E-state index contributed by atoms with van der Waals surface area (Å²) in [6.07, 6.45) is 0.555. The predicted molar refractivity (Wildman–Crippen MR) is 131 cm³/mol. The highest BCUT2D eigenvalue weighted by Gasteiger charge is 2.28. The van der Waals surface area contributed by atoms with Crippen molar-refractivity contribution in [2.75, 3.05) is 5.75 Å². The van der Waals surface area contributed by atoms with Crippen LogP contribution >= 0.6 is 23.4 Å². The summed E-state index contributed by atoms with van der Waals surface area (Å²) in [6.45, 7) is 10.3. The molecule has 0 spiro atoms. The van der Waals surface area contributed by atoms with Gasteiger partial charge in [-0.3, -0.25) is 9.59 Å². The molecule has 168 valence electrons. The average Bonchev–Trinajstić information content (AvgIpc) is 2.68. The van der Waals surface area contributed by atoms with Crippen LogP contribution in [-0.2, 0) is 21.9 Å². The quantitative estimate of drug-likeness (QED) is 0.507. The summed E-state index contributed by atoms with van der Waals surface area (Å²) in [5.41, 5.74) is 4.61. The number of nitrogens with zero attached hydrogens (tertiary/aromatic N) is 1. The monoisotopic (exact) mass is 460 g/mol. The second kappa shape index (κ2) is 12.2. The Morgan fingerprint density at radius 3 is 2.19 bits per heavy atom. The topological polar surface area (TPSA) is 49.4 Å². The first-order valence-electron chi connectivity index (χ1n) is 10.7. The summed E-state index contributed by atoms with van der Waals surface area (Å²) >= 11 is 7.59. The van der Waals surface area contributed by atoms with Gasteiger partial charge in [-0.05, 0) is 57.4 Å². The van der Waals surface area contributed by atoms with E-state index in [0.717, 1.165) is 11.3 Å². The molecular weight excluding hydrogens is 428 g/mol. The van der Waals surface area contributed by atoms with Crippen LogP contribution in [0.4, 0.5) is 0 Å². The molecule has 6 heteroatoms. The molecule has 2 aromatic carbocycles. The number of hydrogen-bond donors (Lipinski definition) is 1. The summed E-state index contributed by atoms with van der Waals surface area (Å²) in [6, 6.07) is 13.4. The summed E-state index contributed by atoms with van der Waals surface area (Å²) < 4.78 is 0. The minimum Gasteiger partial charge on any atom is -0.352 e. The third-order valence-electron chi connectivity index (χ3n) is 4.86. The number of halogens is 1. The standard InChI is InChI=1S/C25H33ClN2O2S/c1-6-23(25(30)27-17(2)3)28(14-20-7-9-22(26)10-8-20)24(29)16-31-15-21-12-18(4)11-19(5)13-21/h7-13,17,23H,6,14-16H2,1-5H3,(H,27,30). The molecule has 2 aromatic rings. The maximum Gasteiger partial charge on any atom is 0.243 e. The molecule has 0 saturated heterocycles. The van der Waals surface area contributed by atoms with E-state index in [2.05, 4.69) is 37.4 Å². The Labute approximate surface area is 195 Å². The van der Waals surface area contributed by atoms with Crippen molar-refractivity contribution in [3.8, 4) is 0 Å². The van der Waals surface area contributed by atoms with E-state index in [1.54, 1.807) is 16.7 Å². The number of aryl methyl sites for hydroxylation is 2. The number of rotatable bonds is 10. The highest BCUT2D eigenvalue weighted by Crippen LogP contribution is 2.20. The third-order valence-corrected chi connectivity index (χ3v) is 6.10. The first-order chi connectivity index (χ1) is 14.7. The van der Waals surface area contributed by atoms with Crippen molar-refractivity contribution in [3.63, 3.8) is 0 Å². The van der Waals surface area contributed by atoms with Gasteiger partial charge in [-0.2, -0.15) is 0 Å². The first kappa shape index (κ1) is 25.3. The molecule has 0 aliphatic heterocycles. The van der Waals surface area contributed by atoms with Crippen LogP contribution in [0, 0.1) is 13.8 Å². The van der Waals surface area contributed by atoms with Crippen LogP contribution in [0.3, 0.4) is 0 Å². The van der Waals surface area contributed by atoms with Crippen LogP contribution in [0.15, 0.2) is 42.5 Å². The number of benzene rings is 2. The lowest BCUT2D eigenvalue weighted by Gasteiger charge is -2.31. The molecular formula is C25H33ClN2O2S. The molecule has 0 radical (unpaired) electrons. The van der Waals surface area contributed by atoms with E-state index in [4.69, 9.17) is 11.6 Å². The minimum absolute atomic E-state index is 0.0213. The zero-order chi connectivity index (χ0) is 23.0. The molecule has 0 saturated carbocycles. The molecule has 4 nitrogen and oxygen atoms in total. The van der Waals surface area contributed by atoms with Gasteiger partial charge in [0, 0.05) is 23.4 Å². The van der Waals surface area contributed by atoms with Crippen LogP contribution in [-0.4, -0.2) is 34.6 Å². The molecule has 0 aromatic heterocycles. The first-order valence-corrected chi connectivity index (χ1v) is 12.2.